The molecule has 0 spiro atoms. The molecule has 17 heavy (non-hydrogen) atoms. The zero-order chi connectivity index (χ0) is 12.4. The Kier molecular flexibility index (Phi) is 3.10. The highest BCUT2D eigenvalue weighted by atomic mass is 32.2. The number of aromatic carboxylic acids is 1. The molecule has 7 heteroatoms. The zero-order valence-electron chi connectivity index (χ0n) is 8.79. The summed E-state index contributed by atoms with van der Waals surface area (Å²) in [4.78, 5) is 15.4. The first-order valence-electron chi connectivity index (χ1n) is 4.62. The van der Waals surface area contributed by atoms with Gasteiger partial charge in [-0.3, -0.25) is 0 Å². The predicted octanol–water partition coefficient (Wildman–Crippen LogP) is 1.80. The lowest BCUT2D eigenvalue weighted by atomic mass is 10.2. The van der Waals surface area contributed by atoms with Gasteiger partial charge in [0.2, 0.25) is 0 Å². The van der Waals surface area contributed by atoms with E-state index in [1.54, 1.807) is 7.05 Å². The molecule has 0 unspecified atom stereocenters. The van der Waals surface area contributed by atoms with E-state index in [2.05, 4.69) is 10.1 Å². The van der Waals surface area contributed by atoms with Crippen LogP contribution in [0.3, 0.4) is 0 Å². The molecule has 0 bridgehead atoms. The van der Waals surface area contributed by atoms with E-state index in [9.17, 15) is 9.18 Å². The fourth-order valence-corrected chi connectivity index (χ4v) is 2.10. The molecule has 0 amide bonds. The molecule has 0 aliphatic carbocycles. The van der Waals surface area contributed by atoms with Crippen LogP contribution in [0.5, 0.6) is 0 Å². The lowest BCUT2D eigenvalue weighted by Crippen LogP contribution is -2.01. The van der Waals surface area contributed by atoms with E-state index < -0.39 is 11.8 Å². The van der Waals surface area contributed by atoms with E-state index in [1.807, 2.05) is 0 Å². The lowest BCUT2D eigenvalue weighted by Gasteiger charge is -2.04. The third-order valence-corrected chi connectivity index (χ3v) is 3.17. The average molecular weight is 253 g/mol. The Morgan fingerprint density at radius 3 is 2.88 bits per heavy atom. The summed E-state index contributed by atoms with van der Waals surface area (Å²) < 4.78 is 14.5. The van der Waals surface area contributed by atoms with Crippen LogP contribution in [0.2, 0.25) is 0 Å². The van der Waals surface area contributed by atoms with Gasteiger partial charge >= 0.3 is 5.97 Å². The summed E-state index contributed by atoms with van der Waals surface area (Å²) in [6, 6.07) is 3.62. The molecule has 2 aromatic rings. The number of carboxylic acids is 1. The van der Waals surface area contributed by atoms with Gasteiger partial charge in [-0.15, -0.1) is 0 Å². The van der Waals surface area contributed by atoms with Crippen molar-refractivity contribution in [3.8, 4) is 0 Å². The Bertz CT molecular complexity index is 570. The molecular weight excluding hydrogens is 245 g/mol. The number of nitrogens with zero attached hydrogens (tertiary/aromatic N) is 3. The number of hydrogen-bond acceptors (Lipinski definition) is 4. The second-order valence-corrected chi connectivity index (χ2v) is 4.22. The number of halogens is 1. The van der Waals surface area contributed by atoms with Gasteiger partial charge in [0.1, 0.15) is 12.1 Å². The molecule has 0 aliphatic heterocycles. The van der Waals surface area contributed by atoms with Crippen LogP contribution < -0.4 is 0 Å². The second-order valence-electron chi connectivity index (χ2n) is 3.21. The van der Waals surface area contributed by atoms with E-state index in [-0.39, 0.29) is 5.56 Å². The minimum absolute atomic E-state index is 0.0852. The third-order valence-electron chi connectivity index (χ3n) is 2.04. The van der Waals surface area contributed by atoms with Crippen LogP contribution in [0.4, 0.5) is 4.39 Å². The van der Waals surface area contributed by atoms with Crippen molar-refractivity contribution in [2.45, 2.75) is 10.1 Å². The van der Waals surface area contributed by atoms with Gasteiger partial charge in [-0.1, -0.05) is 0 Å². The van der Waals surface area contributed by atoms with Crippen molar-refractivity contribution in [1.82, 2.24) is 14.8 Å². The van der Waals surface area contributed by atoms with Crippen LogP contribution in [-0.4, -0.2) is 25.8 Å². The van der Waals surface area contributed by atoms with E-state index in [1.165, 1.54) is 23.1 Å². The van der Waals surface area contributed by atoms with Crippen LogP contribution >= 0.6 is 11.8 Å². The van der Waals surface area contributed by atoms with Crippen molar-refractivity contribution in [3.63, 3.8) is 0 Å². The van der Waals surface area contributed by atoms with Crippen LogP contribution in [0.25, 0.3) is 0 Å². The first kappa shape index (κ1) is 11.6. The lowest BCUT2D eigenvalue weighted by molar-refractivity contribution is 0.0692. The van der Waals surface area contributed by atoms with E-state index in [0.29, 0.717) is 10.1 Å². The van der Waals surface area contributed by atoms with Crippen molar-refractivity contribution in [2.24, 2.45) is 7.05 Å². The highest BCUT2D eigenvalue weighted by Crippen LogP contribution is 2.29. The van der Waals surface area contributed by atoms with E-state index >= 15 is 0 Å². The summed E-state index contributed by atoms with van der Waals surface area (Å²) in [5, 5.41) is 13.4. The standard InChI is InChI=1S/C10H8FN3O2S/c1-14-10(12-5-13-14)17-8-3-2-6(11)4-7(8)9(15)16/h2-5H,1H3,(H,15,16). The fourth-order valence-electron chi connectivity index (χ4n) is 1.23. The Morgan fingerprint density at radius 1 is 1.53 bits per heavy atom. The number of benzene rings is 1. The largest absolute Gasteiger partial charge is 0.478 e. The molecule has 1 N–H and O–H groups in total. The molecule has 0 aliphatic rings. The molecule has 1 aromatic carbocycles. The third kappa shape index (κ3) is 2.44. The van der Waals surface area contributed by atoms with Gasteiger partial charge in [-0.05, 0) is 30.0 Å². The highest BCUT2D eigenvalue weighted by Gasteiger charge is 2.14. The summed E-state index contributed by atoms with van der Waals surface area (Å²) in [7, 11) is 1.69. The SMILES string of the molecule is Cn1ncnc1Sc1ccc(F)cc1C(=O)O. The maximum atomic E-state index is 13.0. The number of carbonyl (C=O) groups is 1. The first-order valence-corrected chi connectivity index (χ1v) is 5.44. The summed E-state index contributed by atoms with van der Waals surface area (Å²) in [6.45, 7) is 0. The molecule has 0 saturated carbocycles. The highest BCUT2D eigenvalue weighted by molar-refractivity contribution is 7.99. The topological polar surface area (TPSA) is 68.0 Å². The smallest absolute Gasteiger partial charge is 0.336 e. The van der Waals surface area contributed by atoms with Gasteiger partial charge in [0.05, 0.1) is 5.56 Å². The fraction of sp³-hybridized carbons (Fsp3) is 0.100. The number of carboxylic acid groups (broad SMARTS) is 1. The van der Waals surface area contributed by atoms with E-state index in [4.69, 9.17) is 5.11 Å². The Balaban J connectivity index is 2.39. The van der Waals surface area contributed by atoms with Gasteiger partial charge in [-0.2, -0.15) is 5.10 Å². The molecule has 0 radical (unpaired) electrons. The molecule has 0 saturated heterocycles. The van der Waals surface area contributed by atoms with Crippen molar-refractivity contribution < 1.29 is 14.3 Å². The molecular formula is C10H8FN3O2S. The van der Waals surface area contributed by atoms with Gasteiger partial charge in [0.25, 0.3) is 0 Å². The maximum absolute atomic E-state index is 13.0. The average Bonchev–Trinajstić information content (AvgIpc) is 2.67. The molecule has 88 valence electrons. The normalized spacial score (nSPS) is 10.5. The van der Waals surface area contributed by atoms with Crippen LogP contribution in [0.1, 0.15) is 10.4 Å². The summed E-state index contributed by atoms with van der Waals surface area (Å²) in [6.07, 6.45) is 1.37. The second kappa shape index (κ2) is 4.54. The monoisotopic (exact) mass is 253 g/mol. The Hall–Kier alpha value is -1.89. The van der Waals surface area contributed by atoms with Crippen LogP contribution in [-0.2, 0) is 7.05 Å². The number of aromatic nitrogens is 3. The number of hydrogen-bond donors (Lipinski definition) is 1. The molecule has 1 heterocycles. The minimum atomic E-state index is -1.17. The van der Waals surface area contributed by atoms with Gasteiger partial charge < -0.3 is 5.11 Å². The van der Waals surface area contributed by atoms with Gasteiger partial charge in [0.15, 0.2) is 5.16 Å². The maximum Gasteiger partial charge on any atom is 0.336 e. The van der Waals surface area contributed by atoms with Crippen LogP contribution in [0.15, 0.2) is 34.6 Å². The summed E-state index contributed by atoms with van der Waals surface area (Å²) in [5.74, 6) is -1.75. The van der Waals surface area contributed by atoms with Crippen molar-refractivity contribution in [2.75, 3.05) is 0 Å². The minimum Gasteiger partial charge on any atom is -0.478 e. The first-order chi connectivity index (χ1) is 8.08. The zero-order valence-corrected chi connectivity index (χ0v) is 9.61. The molecule has 1 aromatic heterocycles. The Morgan fingerprint density at radius 2 is 2.29 bits per heavy atom. The van der Waals surface area contributed by atoms with Crippen molar-refractivity contribution >= 4 is 17.7 Å². The predicted molar refractivity (Wildman–Crippen MR) is 58.5 cm³/mol. The summed E-state index contributed by atoms with van der Waals surface area (Å²) in [5.41, 5.74) is -0.0852. The van der Waals surface area contributed by atoms with Gasteiger partial charge in [0, 0.05) is 11.9 Å². The van der Waals surface area contributed by atoms with E-state index in [0.717, 1.165) is 17.8 Å². The Labute approximate surface area is 100 Å². The molecule has 0 atom stereocenters. The number of aryl methyl sites for hydroxylation is 1. The van der Waals surface area contributed by atoms with Crippen LogP contribution in [0, 0.1) is 5.82 Å². The summed E-state index contributed by atoms with van der Waals surface area (Å²) >= 11 is 1.13. The van der Waals surface area contributed by atoms with Gasteiger partial charge in [-0.25, -0.2) is 18.9 Å². The molecule has 0 fully saturated rings. The molecule has 2 rings (SSSR count). The van der Waals surface area contributed by atoms with Crippen molar-refractivity contribution in [1.29, 1.82) is 0 Å². The quantitative estimate of drug-likeness (QED) is 0.903. The molecule has 5 nitrogen and oxygen atoms in total. The number of rotatable bonds is 3. The van der Waals surface area contributed by atoms with Crippen molar-refractivity contribution in [3.05, 3.63) is 35.9 Å².